The second-order valence-corrected chi connectivity index (χ2v) is 2.51. The summed E-state index contributed by atoms with van der Waals surface area (Å²) in [6, 6.07) is 0. The maximum Gasteiger partial charge on any atom is 0.410 e. The van der Waals surface area contributed by atoms with Crippen LogP contribution in [0.3, 0.4) is 0 Å². The minimum absolute atomic E-state index is 0.185. The zero-order valence-corrected chi connectivity index (χ0v) is 6.09. The Kier molecular flexibility index (Phi) is 2.17. The molecule has 0 radical (unpaired) electrons. The summed E-state index contributed by atoms with van der Waals surface area (Å²) >= 11 is 1.09. The largest absolute Gasteiger partial charge is 0.465 e. The molecule has 0 saturated carbocycles. The molecule has 1 aromatic heterocycles. The van der Waals surface area contributed by atoms with Crippen molar-refractivity contribution in [1.29, 1.82) is 0 Å². The second kappa shape index (κ2) is 3.11. The molecule has 0 saturated heterocycles. The molecule has 58 valence electrons. The summed E-state index contributed by atoms with van der Waals surface area (Å²) in [7, 11) is 0. The first kappa shape index (κ1) is 7.67. The average molecular weight is 172 g/mol. The van der Waals surface area contributed by atoms with Crippen LogP contribution in [0.15, 0.2) is 5.38 Å². The fourth-order valence-electron chi connectivity index (χ4n) is 0.509. The van der Waals surface area contributed by atoms with Gasteiger partial charge in [-0.05, 0) is 0 Å². The number of carbonyl (C=O) groups excluding carboxylic acids is 1. The Morgan fingerprint density at radius 1 is 1.82 bits per heavy atom. The van der Waals surface area contributed by atoms with Gasteiger partial charge in [0.05, 0.1) is 0 Å². The molecule has 0 unspecified atom stereocenters. The number of amides is 1. The molecule has 0 aliphatic heterocycles. The third-order valence-electron chi connectivity index (χ3n) is 0.858. The van der Waals surface area contributed by atoms with E-state index in [0.717, 1.165) is 11.3 Å². The van der Waals surface area contributed by atoms with E-state index >= 15 is 0 Å². The van der Waals surface area contributed by atoms with Crippen LogP contribution in [0.25, 0.3) is 0 Å². The van der Waals surface area contributed by atoms with Gasteiger partial charge < -0.3 is 5.11 Å². The van der Waals surface area contributed by atoms with E-state index in [-0.39, 0.29) is 10.8 Å². The zero-order valence-electron chi connectivity index (χ0n) is 5.27. The van der Waals surface area contributed by atoms with E-state index < -0.39 is 6.09 Å². The first-order chi connectivity index (χ1) is 5.22. The van der Waals surface area contributed by atoms with E-state index in [1.54, 1.807) is 0 Å². The van der Waals surface area contributed by atoms with Crippen LogP contribution < -0.4 is 5.32 Å². The third kappa shape index (κ3) is 2.01. The lowest BCUT2D eigenvalue weighted by Crippen LogP contribution is -2.07. The van der Waals surface area contributed by atoms with Crippen molar-refractivity contribution < 1.29 is 14.7 Å². The summed E-state index contributed by atoms with van der Waals surface area (Å²) in [5.74, 6) is 0.185. The van der Waals surface area contributed by atoms with E-state index in [9.17, 15) is 9.59 Å². The van der Waals surface area contributed by atoms with Gasteiger partial charge >= 0.3 is 6.09 Å². The Morgan fingerprint density at radius 3 is 3.00 bits per heavy atom. The van der Waals surface area contributed by atoms with Gasteiger partial charge in [0, 0.05) is 5.38 Å². The van der Waals surface area contributed by atoms with Crippen molar-refractivity contribution >= 4 is 29.5 Å². The highest BCUT2D eigenvalue weighted by molar-refractivity contribution is 7.11. The first-order valence-electron chi connectivity index (χ1n) is 2.63. The molecule has 0 atom stereocenters. The first-order valence-corrected chi connectivity index (χ1v) is 3.51. The Morgan fingerprint density at radius 2 is 2.55 bits per heavy atom. The second-order valence-electron chi connectivity index (χ2n) is 1.62. The molecule has 1 aromatic rings. The van der Waals surface area contributed by atoms with Crippen LogP contribution in [-0.4, -0.2) is 22.5 Å². The van der Waals surface area contributed by atoms with Crippen LogP contribution in [-0.2, 0) is 0 Å². The SMILES string of the molecule is O=Cc1nc(NC(=O)O)cs1. The van der Waals surface area contributed by atoms with Crippen molar-refractivity contribution in [3.63, 3.8) is 0 Å². The number of hydrogen-bond acceptors (Lipinski definition) is 4. The fraction of sp³-hybridized carbons (Fsp3) is 0. The maximum absolute atomic E-state index is 10.1. The van der Waals surface area contributed by atoms with Crippen molar-refractivity contribution in [2.24, 2.45) is 0 Å². The van der Waals surface area contributed by atoms with E-state index in [1.807, 2.05) is 5.32 Å². The van der Waals surface area contributed by atoms with E-state index in [4.69, 9.17) is 5.11 Å². The van der Waals surface area contributed by atoms with Crippen molar-refractivity contribution in [2.75, 3.05) is 5.32 Å². The number of nitrogens with one attached hydrogen (secondary N) is 1. The standard InChI is InChI=1S/C5H4N2O3S/c8-1-4-6-3(2-11-4)7-5(9)10/h1-2,7H,(H,9,10). The van der Waals surface area contributed by atoms with Crippen molar-refractivity contribution in [3.05, 3.63) is 10.4 Å². The van der Waals surface area contributed by atoms with Crippen LogP contribution >= 0.6 is 11.3 Å². The minimum Gasteiger partial charge on any atom is -0.465 e. The van der Waals surface area contributed by atoms with Crippen molar-refractivity contribution in [3.8, 4) is 0 Å². The third-order valence-corrected chi connectivity index (χ3v) is 1.63. The number of hydrogen-bond donors (Lipinski definition) is 2. The summed E-state index contributed by atoms with van der Waals surface area (Å²) in [4.78, 5) is 23.7. The quantitative estimate of drug-likeness (QED) is 0.653. The van der Waals surface area contributed by atoms with Crippen LogP contribution in [0.5, 0.6) is 0 Å². The molecule has 0 aromatic carbocycles. The topological polar surface area (TPSA) is 79.3 Å². The number of aromatic nitrogens is 1. The normalized spacial score (nSPS) is 9.09. The number of aldehydes is 1. The molecular weight excluding hydrogens is 168 g/mol. The molecule has 0 aliphatic carbocycles. The van der Waals surface area contributed by atoms with Gasteiger partial charge in [-0.1, -0.05) is 0 Å². The Labute approximate surface area is 65.7 Å². The average Bonchev–Trinajstić information content (AvgIpc) is 2.34. The van der Waals surface area contributed by atoms with Crippen LogP contribution in [0.4, 0.5) is 10.6 Å². The lowest BCUT2D eigenvalue weighted by molar-refractivity contribution is 0.112. The predicted octanol–water partition coefficient (Wildman–Crippen LogP) is 1.05. The van der Waals surface area contributed by atoms with Gasteiger partial charge in [0.2, 0.25) is 0 Å². The highest BCUT2D eigenvalue weighted by atomic mass is 32.1. The molecule has 1 amide bonds. The molecule has 6 heteroatoms. The smallest absolute Gasteiger partial charge is 0.410 e. The molecule has 0 bridgehead atoms. The number of anilines is 1. The fourth-order valence-corrected chi connectivity index (χ4v) is 1.06. The number of thiazole rings is 1. The van der Waals surface area contributed by atoms with Crippen LogP contribution in [0, 0.1) is 0 Å². The zero-order chi connectivity index (χ0) is 8.27. The summed E-state index contributed by atoms with van der Waals surface area (Å²) in [5, 5.41) is 11.9. The lowest BCUT2D eigenvalue weighted by atomic mass is 10.7. The predicted molar refractivity (Wildman–Crippen MR) is 39.1 cm³/mol. The number of carbonyl (C=O) groups is 2. The van der Waals surface area contributed by atoms with E-state index in [2.05, 4.69) is 4.98 Å². The van der Waals surface area contributed by atoms with Gasteiger partial charge in [0.25, 0.3) is 0 Å². The van der Waals surface area contributed by atoms with Gasteiger partial charge in [-0.2, -0.15) is 0 Å². The molecular formula is C5H4N2O3S. The number of nitrogens with zero attached hydrogens (tertiary/aromatic N) is 1. The Balaban J connectivity index is 2.72. The monoisotopic (exact) mass is 172 g/mol. The molecule has 2 N–H and O–H groups in total. The molecule has 11 heavy (non-hydrogen) atoms. The van der Waals surface area contributed by atoms with Gasteiger partial charge in [0.1, 0.15) is 5.82 Å². The summed E-state index contributed by atoms with van der Waals surface area (Å²) < 4.78 is 0. The number of carboxylic acid groups (broad SMARTS) is 1. The molecule has 1 rings (SSSR count). The minimum atomic E-state index is -1.19. The van der Waals surface area contributed by atoms with Crippen LogP contribution in [0.1, 0.15) is 9.80 Å². The Hall–Kier alpha value is -1.43. The van der Waals surface area contributed by atoms with Gasteiger partial charge in [0.15, 0.2) is 11.3 Å². The molecule has 0 spiro atoms. The molecule has 0 aliphatic rings. The van der Waals surface area contributed by atoms with E-state index in [0.29, 0.717) is 6.29 Å². The molecule has 5 nitrogen and oxygen atoms in total. The lowest BCUT2D eigenvalue weighted by Gasteiger charge is -1.90. The maximum atomic E-state index is 10.1. The summed E-state index contributed by atoms with van der Waals surface area (Å²) in [5.41, 5.74) is 0. The highest BCUT2D eigenvalue weighted by Crippen LogP contribution is 2.11. The Bertz CT molecular complexity index is 283. The van der Waals surface area contributed by atoms with Gasteiger partial charge in [-0.3, -0.25) is 10.1 Å². The molecule has 0 fully saturated rings. The van der Waals surface area contributed by atoms with Gasteiger partial charge in [-0.15, -0.1) is 11.3 Å². The highest BCUT2D eigenvalue weighted by Gasteiger charge is 2.02. The van der Waals surface area contributed by atoms with E-state index in [1.165, 1.54) is 5.38 Å². The van der Waals surface area contributed by atoms with Crippen molar-refractivity contribution in [1.82, 2.24) is 4.98 Å². The molecule has 1 heterocycles. The van der Waals surface area contributed by atoms with Gasteiger partial charge in [-0.25, -0.2) is 9.78 Å². The van der Waals surface area contributed by atoms with Crippen LogP contribution in [0.2, 0.25) is 0 Å². The number of rotatable bonds is 2. The van der Waals surface area contributed by atoms with Crippen molar-refractivity contribution in [2.45, 2.75) is 0 Å². The summed E-state index contributed by atoms with van der Waals surface area (Å²) in [6.45, 7) is 0. The summed E-state index contributed by atoms with van der Waals surface area (Å²) in [6.07, 6.45) is -0.620.